The van der Waals surface area contributed by atoms with Crippen LogP contribution in [0.15, 0.2) is 282 Å². The maximum absolute atomic E-state index is 6.94. The smallest absolute Gasteiger partial charge is 0.159 e. The first-order chi connectivity index (χ1) is 39.4. The second-order valence-electron chi connectivity index (χ2n) is 21.3. The van der Waals surface area contributed by atoms with Crippen LogP contribution in [0.4, 0.5) is 34.1 Å². The first kappa shape index (κ1) is 47.1. The molecule has 1 aliphatic rings. The van der Waals surface area contributed by atoms with E-state index < -0.39 is 5.41 Å². The molecule has 0 saturated carbocycles. The normalized spacial score (nSPS) is 14.2. The van der Waals surface area contributed by atoms with Crippen LogP contribution in [0.2, 0.25) is 0 Å². The Hall–Kier alpha value is -10.2. The van der Waals surface area contributed by atoms with Gasteiger partial charge in [-0.2, -0.15) is 0 Å². The quantitative estimate of drug-likeness (QED) is 0.101. The molecule has 15 rings (SSSR count). The Morgan fingerprint density at radius 1 is 0.400 bits per heavy atom. The minimum atomic E-state index is -0.896. The number of hydrogen-bond acceptors (Lipinski definition) is 4. The summed E-state index contributed by atoms with van der Waals surface area (Å²) in [5.74, 6) is 0. The molecule has 0 fully saturated rings. The lowest BCUT2D eigenvalue weighted by Gasteiger charge is -2.36. The molecule has 0 amide bonds. The average molecular weight is 1030 g/mol. The van der Waals surface area contributed by atoms with Crippen LogP contribution >= 0.6 is 0 Å². The first-order valence-electron chi connectivity index (χ1n) is 27.5. The minimum Gasteiger partial charge on any atom is -0.454 e. The lowest BCUT2D eigenvalue weighted by atomic mass is 9.66. The number of rotatable bonds is 10. The second kappa shape index (κ2) is 18.5. The molecule has 4 heteroatoms. The molecule has 0 aliphatic heterocycles. The standard InChI is InChI=1S/C76H54N2O2/c1-5-6-8-25-50(4)76(51-26-9-7-10-27-51)65-47-68(78(53-29-20-24-49(3)45-53)67-39-22-37-63-58-33-16-18-41-70(58)80-75(63)67)56-31-12-14-35-60(56)71(65)72-59-34-13-11-30-55(59)64-46-54(42-43-61(64)73(72)76)77(52-28-19-23-48(2)44-52)66-38-21-36-62-57-32-15-17-40-69(57)79-74(62)66/h5-47H,4H2,1-3H3/b6-5-,25-8-. The fourth-order valence-corrected chi connectivity index (χ4v) is 13.3. The van der Waals surface area contributed by atoms with Gasteiger partial charge in [0.25, 0.3) is 0 Å². The van der Waals surface area contributed by atoms with Crippen molar-refractivity contribution in [1.82, 2.24) is 0 Å². The number of anilines is 6. The average Bonchev–Trinajstić information content (AvgIpc) is 4.23. The van der Waals surface area contributed by atoms with Crippen molar-refractivity contribution in [3.05, 3.63) is 301 Å². The van der Waals surface area contributed by atoms with Gasteiger partial charge in [0.1, 0.15) is 11.2 Å². The van der Waals surface area contributed by atoms with E-state index in [1.165, 1.54) is 33.0 Å². The first-order valence-corrected chi connectivity index (χ1v) is 27.5. The molecule has 0 saturated heterocycles. The molecule has 2 heterocycles. The van der Waals surface area contributed by atoms with Crippen LogP contribution in [0.5, 0.6) is 0 Å². The number of nitrogens with zero attached hydrogens (tertiary/aromatic N) is 2. The van der Waals surface area contributed by atoms with E-state index in [4.69, 9.17) is 15.4 Å². The zero-order chi connectivity index (χ0) is 53.6. The van der Waals surface area contributed by atoms with E-state index >= 15 is 0 Å². The molecule has 80 heavy (non-hydrogen) atoms. The molecule has 4 nitrogen and oxygen atoms in total. The van der Waals surface area contributed by atoms with Crippen molar-refractivity contribution < 1.29 is 8.83 Å². The predicted molar refractivity (Wildman–Crippen MR) is 337 cm³/mol. The monoisotopic (exact) mass is 1030 g/mol. The highest BCUT2D eigenvalue weighted by molar-refractivity contribution is 6.24. The van der Waals surface area contributed by atoms with Crippen molar-refractivity contribution >= 4 is 110 Å². The number of hydrogen-bond donors (Lipinski definition) is 0. The summed E-state index contributed by atoms with van der Waals surface area (Å²) in [5, 5.41) is 11.3. The molecule has 0 bridgehead atoms. The van der Waals surface area contributed by atoms with Gasteiger partial charge < -0.3 is 18.6 Å². The summed E-state index contributed by atoms with van der Waals surface area (Å²) in [6, 6.07) is 86.1. The van der Waals surface area contributed by atoms with Crippen molar-refractivity contribution in [3.63, 3.8) is 0 Å². The third-order valence-corrected chi connectivity index (χ3v) is 16.6. The van der Waals surface area contributed by atoms with E-state index in [0.717, 1.165) is 122 Å². The van der Waals surface area contributed by atoms with Crippen LogP contribution in [0.3, 0.4) is 0 Å². The van der Waals surface area contributed by atoms with E-state index in [2.05, 4.69) is 279 Å². The molecule has 0 N–H and O–H groups in total. The van der Waals surface area contributed by atoms with E-state index in [0.29, 0.717) is 0 Å². The van der Waals surface area contributed by atoms with Crippen molar-refractivity contribution in [2.45, 2.75) is 26.2 Å². The van der Waals surface area contributed by atoms with Gasteiger partial charge in [0.15, 0.2) is 11.2 Å². The summed E-state index contributed by atoms with van der Waals surface area (Å²) in [6.45, 7) is 11.6. The van der Waals surface area contributed by atoms with Crippen molar-refractivity contribution in [1.29, 1.82) is 0 Å². The number of furan rings is 2. The highest BCUT2D eigenvalue weighted by Gasteiger charge is 2.49. The van der Waals surface area contributed by atoms with Gasteiger partial charge >= 0.3 is 0 Å². The second-order valence-corrected chi connectivity index (χ2v) is 21.3. The van der Waals surface area contributed by atoms with Crippen LogP contribution in [0.25, 0.3) is 87.3 Å². The van der Waals surface area contributed by atoms with Crippen LogP contribution in [0.1, 0.15) is 34.7 Å². The minimum absolute atomic E-state index is 0.833. The number of allylic oxidation sites excluding steroid dienone is 5. The van der Waals surface area contributed by atoms with E-state index in [-0.39, 0.29) is 0 Å². The van der Waals surface area contributed by atoms with Crippen LogP contribution < -0.4 is 9.80 Å². The molecule has 14 aromatic rings. The summed E-state index contributed by atoms with van der Waals surface area (Å²) >= 11 is 0. The molecular weight excluding hydrogens is 973 g/mol. The largest absolute Gasteiger partial charge is 0.454 e. The zero-order valence-corrected chi connectivity index (χ0v) is 44.7. The number of para-hydroxylation sites is 4. The molecule has 1 aliphatic carbocycles. The number of aryl methyl sites for hydroxylation is 2. The van der Waals surface area contributed by atoms with Crippen molar-refractivity contribution in [3.8, 4) is 11.1 Å². The van der Waals surface area contributed by atoms with Gasteiger partial charge in [0.2, 0.25) is 0 Å². The topological polar surface area (TPSA) is 32.8 Å². The highest BCUT2D eigenvalue weighted by Crippen LogP contribution is 2.64. The Bertz CT molecular complexity index is 4920. The molecule has 1 atom stereocenters. The summed E-state index contributed by atoms with van der Waals surface area (Å²) in [6.07, 6.45) is 8.56. The van der Waals surface area contributed by atoms with Gasteiger partial charge in [-0.3, -0.25) is 0 Å². The fourth-order valence-electron chi connectivity index (χ4n) is 13.3. The summed E-state index contributed by atoms with van der Waals surface area (Å²) in [7, 11) is 0. The lowest BCUT2D eigenvalue weighted by molar-refractivity contribution is 0.668. The summed E-state index contributed by atoms with van der Waals surface area (Å²) in [5.41, 5.74) is 17.8. The van der Waals surface area contributed by atoms with Gasteiger partial charge in [-0.15, -0.1) is 0 Å². The summed E-state index contributed by atoms with van der Waals surface area (Å²) in [4.78, 5) is 4.81. The molecule has 12 aromatic carbocycles. The zero-order valence-electron chi connectivity index (χ0n) is 44.7. The molecule has 1 unspecified atom stereocenters. The SMILES string of the molecule is C=C(/C=C\C=C/C)C1(c2ccccc2)c2cc(N(c3cccc(C)c3)c3cccc4c3oc3ccccc34)c3ccccc3c2-c2c1c1ccc(N(c3cccc(C)c3)c3cccc4c3oc3ccccc34)cc1c1ccccc21. The van der Waals surface area contributed by atoms with E-state index in [1.54, 1.807) is 0 Å². The fraction of sp³-hybridized carbons (Fsp3) is 0.0526. The third kappa shape index (κ3) is 7.02. The van der Waals surface area contributed by atoms with E-state index in [1.807, 2.05) is 12.1 Å². The molecular formula is C76H54N2O2. The van der Waals surface area contributed by atoms with Gasteiger partial charge in [-0.05, 0) is 159 Å². The third-order valence-electron chi connectivity index (χ3n) is 16.6. The van der Waals surface area contributed by atoms with Crippen LogP contribution in [-0.4, -0.2) is 0 Å². The van der Waals surface area contributed by atoms with Gasteiger partial charge in [-0.1, -0.05) is 201 Å². The van der Waals surface area contributed by atoms with Gasteiger partial charge in [0, 0.05) is 44.0 Å². The summed E-state index contributed by atoms with van der Waals surface area (Å²) < 4.78 is 13.8. The maximum Gasteiger partial charge on any atom is 0.159 e. The lowest BCUT2D eigenvalue weighted by Crippen LogP contribution is -2.29. The Balaban J connectivity index is 1.08. The Morgan fingerprint density at radius 2 is 0.912 bits per heavy atom. The Labute approximate surface area is 464 Å². The van der Waals surface area contributed by atoms with Gasteiger partial charge in [0.05, 0.1) is 22.5 Å². The molecule has 380 valence electrons. The van der Waals surface area contributed by atoms with E-state index in [9.17, 15) is 0 Å². The van der Waals surface area contributed by atoms with Crippen LogP contribution in [-0.2, 0) is 5.41 Å². The molecule has 2 aromatic heterocycles. The highest BCUT2D eigenvalue weighted by atomic mass is 16.3. The predicted octanol–water partition coefficient (Wildman–Crippen LogP) is 21.5. The maximum atomic E-state index is 6.94. The Kier molecular flexibility index (Phi) is 10.9. The van der Waals surface area contributed by atoms with Crippen molar-refractivity contribution in [2.75, 3.05) is 9.80 Å². The molecule has 0 radical (unpaired) electrons. The molecule has 0 spiro atoms. The Morgan fingerprint density at radius 3 is 1.54 bits per heavy atom. The number of benzene rings is 12. The number of fused-ring (bicyclic) bond motifs is 16. The van der Waals surface area contributed by atoms with Crippen LogP contribution in [0, 0.1) is 13.8 Å². The van der Waals surface area contributed by atoms with Gasteiger partial charge in [-0.25, -0.2) is 0 Å². The van der Waals surface area contributed by atoms with Crippen molar-refractivity contribution in [2.24, 2.45) is 0 Å².